The van der Waals surface area contributed by atoms with Gasteiger partial charge < -0.3 is 9.40 Å². The van der Waals surface area contributed by atoms with Gasteiger partial charge in [-0.3, -0.25) is 0 Å². The highest BCUT2D eigenvalue weighted by atomic mass is 35.5. The van der Waals surface area contributed by atoms with Crippen LogP contribution in [0.5, 0.6) is 0 Å². The zero-order valence-corrected chi connectivity index (χ0v) is 17.9. The fourth-order valence-corrected chi connectivity index (χ4v) is 4.38. The van der Waals surface area contributed by atoms with Crippen molar-refractivity contribution in [2.24, 2.45) is 5.16 Å². The second-order valence-corrected chi connectivity index (χ2v) is 8.09. The molecule has 5 rings (SSSR count). The van der Waals surface area contributed by atoms with Crippen molar-refractivity contribution >= 4 is 17.3 Å². The van der Waals surface area contributed by atoms with Gasteiger partial charge in [0.05, 0.1) is 11.4 Å². The first-order valence-corrected chi connectivity index (χ1v) is 11.0. The quantitative estimate of drug-likeness (QED) is 0.314. The molecule has 0 fully saturated rings. The molecule has 154 valence electrons. The molecular weight excluding hydrogens is 404 g/mol. The van der Waals surface area contributed by atoms with E-state index in [1.165, 1.54) is 28.2 Å². The minimum Gasteiger partial charge on any atom is -0.391 e. The standard InChI is InChI=1S/C27H23ClN2O/c28-24-15-8-7-12-21(24)19-31-29-25-16-9-17-26-23(25)18-27(20-10-3-1-4-11-20)30(26)22-13-5-2-6-14-22/h1-8,10-15,18H,9,16-17,19H2. The summed E-state index contributed by atoms with van der Waals surface area (Å²) in [6, 6.07) is 31.0. The molecule has 1 aliphatic carbocycles. The van der Waals surface area contributed by atoms with Crippen LogP contribution in [0, 0.1) is 0 Å². The third kappa shape index (κ3) is 4.01. The van der Waals surface area contributed by atoms with E-state index in [-0.39, 0.29) is 0 Å². The SMILES string of the molecule is Clc1ccccc1CON=C1CCCc2c1cc(-c1ccccc1)n2-c1ccccc1. The monoisotopic (exact) mass is 426 g/mol. The van der Waals surface area contributed by atoms with Gasteiger partial charge in [0, 0.05) is 27.5 Å². The highest BCUT2D eigenvalue weighted by molar-refractivity contribution is 6.31. The largest absolute Gasteiger partial charge is 0.391 e. The molecule has 3 nitrogen and oxygen atoms in total. The molecule has 0 bridgehead atoms. The Balaban J connectivity index is 1.54. The maximum atomic E-state index is 6.25. The fourth-order valence-electron chi connectivity index (χ4n) is 4.19. The molecule has 0 N–H and O–H groups in total. The summed E-state index contributed by atoms with van der Waals surface area (Å²) in [7, 11) is 0. The molecule has 1 aromatic heterocycles. The second-order valence-electron chi connectivity index (χ2n) is 7.68. The second kappa shape index (κ2) is 8.83. The topological polar surface area (TPSA) is 26.5 Å². The van der Waals surface area contributed by atoms with Crippen LogP contribution in [0.25, 0.3) is 16.9 Å². The highest BCUT2D eigenvalue weighted by Crippen LogP contribution is 2.34. The third-order valence-electron chi connectivity index (χ3n) is 5.68. The average Bonchev–Trinajstić information content (AvgIpc) is 3.22. The number of oxime groups is 1. The van der Waals surface area contributed by atoms with Gasteiger partial charge >= 0.3 is 0 Å². The zero-order chi connectivity index (χ0) is 21.0. The van der Waals surface area contributed by atoms with E-state index in [1.54, 1.807) is 0 Å². The van der Waals surface area contributed by atoms with E-state index >= 15 is 0 Å². The molecule has 1 aliphatic rings. The first-order chi connectivity index (χ1) is 15.3. The Morgan fingerprint density at radius 3 is 2.32 bits per heavy atom. The van der Waals surface area contributed by atoms with Crippen LogP contribution in [0.15, 0.2) is 96.2 Å². The van der Waals surface area contributed by atoms with Gasteiger partial charge in [-0.1, -0.05) is 83.5 Å². The molecule has 0 radical (unpaired) electrons. The number of aromatic nitrogens is 1. The maximum Gasteiger partial charge on any atom is 0.143 e. The van der Waals surface area contributed by atoms with Crippen LogP contribution in [0.2, 0.25) is 5.02 Å². The minimum atomic E-state index is 0.365. The van der Waals surface area contributed by atoms with Crippen LogP contribution in [0.4, 0.5) is 0 Å². The Labute approximate surface area is 187 Å². The van der Waals surface area contributed by atoms with E-state index in [1.807, 2.05) is 24.3 Å². The zero-order valence-electron chi connectivity index (χ0n) is 17.2. The van der Waals surface area contributed by atoms with Crippen LogP contribution in [-0.4, -0.2) is 10.3 Å². The summed E-state index contributed by atoms with van der Waals surface area (Å²) in [5, 5.41) is 5.25. The number of rotatable bonds is 5. The molecule has 4 heteroatoms. The minimum absolute atomic E-state index is 0.365. The molecule has 0 unspecified atom stereocenters. The highest BCUT2D eigenvalue weighted by Gasteiger charge is 2.24. The Bertz CT molecular complexity index is 1210. The van der Waals surface area contributed by atoms with Gasteiger partial charge in [-0.05, 0) is 49.1 Å². The first kappa shape index (κ1) is 19.7. The Kier molecular flexibility index (Phi) is 5.59. The van der Waals surface area contributed by atoms with Crippen molar-refractivity contribution in [3.63, 3.8) is 0 Å². The maximum absolute atomic E-state index is 6.25. The number of para-hydroxylation sites is 1. The lowest BCUT2D eigenvalue weighted by molar-refractivity contribution is 0.130. The number of nitrogens with zero attached hydrogens (tertiary/aromatic N) is 2. The summed E-state index contributed by atoms with van der Waals surface area (Å²) in [6.07, 6.45) is 2.97. The predicted molar refractivity (Wildman–Crippen MR) is 127 cm³/mol. The summed E-state index contributed by atoms with van der Waals surface area (Å²) in [5.74, 6) is 0. The lowest BCUT2D eigenvalue weighted by Gasteiger charge is -2.18. The number of benzene rings is 3. The molecule has 0 spiro atoms. The van der Waals surface area contributed by atoms with E-state index in [0.717, 1.165) is 30.5 Å². The van der Waals surface area contributed by atoms with Crippen molar-refractivity contribution in [1.29, 1.82) is 0 Å². The van der Waals surface area contributed by atoms with Crippen molar-refractivity contribution in [1.82, 2.24) is 4.57 Å². The molecule has 0 saturated carbocycles. The van der Waals surface area contributed by atoms with E-state index < -0.39 is 0 Å². The molecule has 31 heavy (non-hydrogen) atoms. The van der Waals surface area contributed by atoms with Crippen molar-refractivity contribution in [2.45, 2.75) is 25.9 Å². The van der Waals surface area contributed by atoms with Crippen molar-refractivity contribution in [2.75, 3.05) is 0 Å². The molecule has 0 saturated heterocycles. The molecule has 1 heterocycles. The summed E-state index contributed by atoms with van der Waals surface area (Å²) < 4.78 is 2.37. The lowest BCUT2D eigenvalue weighted by atomic mass is 9.95. The van der Waals surface area contributed by atoms with Gasteiger partial charge in [-0.25, -0.2) is 0 Å². The van der Waals surface area contributed by atoms with Gasteiger partial charge in [0.15, 0.2) is 0 Å². The van der Waals surface area contributed by atoms with Crippen LogP contribution in [0.3, 0.4) is 0 Å². The summed E-state index contributed by atoms with van der Waals surface area (Å²) in [6.45, 7) is 0.365. The van der Waals surface area contributed by atoms with Crippen LogP contribution in [0.1, 0.15) is 29.7 Å². The number of hydrogen-bond acceptors (Lipinski definition) is 2. The van der Waals surface area contributed by atoms with Crippen LogP contribution >= 0.6 is 11.6 Å². The van der Waals surface area contributed by atoms with Crippen molar-refractivity contribution in [3.05, 3.63) is 113 Å². The normalized spacial score (nSPS) is 14.4. The molecule has 0 aliphatic heterocycles. The average molecular weight is 427 g/mol. The molecule has 0 atom stereocenters. The van der Waals surface area contributed by atoms with Gasteiger partial charge in [-0.15, -0.1) is 0 Å². The number of fused-ring (bicyclic) bond motifs is 1. The predicted octanol–water partition coefficient (Wildman–Crippen LogP) is 7.05. The number of hydrogen-bond donors (Lipinski definition) is 0. The summed E-state index contributed by atoms with van der Waals surface area (Å²) in [5.41, 5.74) is 7.94. The first-order valence-electron chi connectivity index (χ1n) is 10.6. The number of halogens is 1. The summed E-state index contributed by atoms with van der Waals surface area (Å²) >= 11 is 6.25. The van der Waals surface area contributed by atoms with Gasteiger partial charge in [0.25, 0.3) is 0 Å². The molecule has 0 amide bonds. The Morgan fingerprint density at radius 1 is 0.839 bits per heavy atom. The van der Waals surface area contributed by atoms with Crippen molar-refractivity contribution < 1.29 is 4.84 Å². The van der Waals surface area contributed by atoms with Crippen LogP contribution in [-0.2, 0) is 17.9 Å². The van der Waals surface area contributed by atoms with Crippen molar-refractivity contribution in [3.8, 4) is 16.9 Å². The summed E-state index contributed by atoms with van der Waals surface area (Å²) in [4.78, 5) is 5.75. The Morgan fingerprint density at radius 2 is 1.55 bits per heavy atom. The molecule has 3 aromatic carbocycles. The third-order valence-corrected chi connectivity index (χ3v) is 6.05. The van der Waals surface area contributed by atoms with E-state index in [9.17, 15) is 0 Å². The molecule has 4 aromatic rings. The lowest BCUT2D eigenvalue weighted by Crippen LogP contribution is -2.14. The van der Waals surface area contributed by atoms with Gasteiger partial charge in [0.1, 0.15) is 6.61 Å². The van der Waals surface area contributed by atoms with E-state index in [2.05, 4.69) is 76.5 Å². The fraction of sp³-hybridized carbons (Fsp3) is 0.148. The Hall–Kier alpha value is -3.30. The molecular formula is C27H23ClN2O. The van der Waals surface area contributed by atoms with E-state index in [4.69, 9.17) is 16.4 Å². The van der Waals surface area contributed by atoms with E-state index in [0.29, 0.717) is 11.6 Å². The van der Waals surface area contributed by atoms with Crippen LogP contribution < -0.4 is 0 Å². The smallest absolute Gasteiger partial charge is 0.143 e. The van der Waals surface area contributed by atoms with Gasteiger partial charge in [0.2, 0.25) is 0 Å². The van der Waals surface area contributed by atoms with Gasteiger partial charge in [-0.2, -0.15) is 0 Å².